The Morgan fingerprint density at radius 2 is 1.59 bits per heavy atom. The Hall–Kier alpha value is -1.63. The molecule has 0 heterocycles. The Bertz CT molecular complexity index is 826. The molecule has 7 heteroatoms. The predicted octanol–water partition coefficient (Wildman–Crippen LogP) is 4.19. The molecule has 0 aromatic carbocycles. The van der Waals surface area contributed by atoms with Crippen molar-refractivity contribution in [1.82, 2.24) is 0 Å². The van der Waals surface area contributed by atoms with Gasteiger partial charge in [0.25, 0.3) is 0 Å². The standard InChI is InChI=1S/C27H42O7/c1-16(28)32-15-24(34-18(3)30)27(31)13-10-23-21-7-6-19-14-20(33-17(2)29)8-11-25(19,4)22(21)9-12-26(23,27)5/h19-24,31H,6-15H2,1-5H3/t19-,20+,21+,22-,23+,24-,25-,26-,27+/m0/s1. The van der Waals surface area contributed by atoms with Gasteiger partial charge >= 0.3 is 17.9 Å². The molecule has 4 rings (SSSR count). The number of ether oxygens (including phenoxy) is 3. The molecular weight excluding hydrogens is 436 g/mol. The van der Waals surface area contributed by atoms with Crippen LogP contribution in [-0.4, -0.2) is 47.4 Å². The van der Waals surface area contributed by atoms with Gasteiger partial charge in [0.15, 0.2) is 6.10 Å². The van der Waals surface area contributed by atoms with E-state index in [2.05, 4.69) is 13.8 Å². The maximum absolute atomic E-state index is 12.1. The number of rotatable bonds is 5. The Morgan fingerprint density at radius 3 is 2.24 bits per heavy atom. The van der Waals surface area contributed by atoms with E-state index in [9.17, 15) is 19.5 Å². The zero-order valence-corrected chi connectivity index (χ0v) is 21.4. The highest BCUT2D eigenvalue weighted by atomic mass is 16.6. The maximum Gasteiger partial charge on any atom is 0.303 e. The number of fused-ring (bicyclic) bond motifs is 5. The molecule has 34 heavy (non-hydrogen) atoms. The Kier molecular flexibility index (Phi) is 6.82. The van der Waals surface area contributed by atoms with Crippen LogP contribution in [0.2, 0.25) is 0 Å². The first-order valence-corrected chi connectivity index (χ1v) is 13.1. The largest absolute Gasteiger partial charge is 0.463 e. The highest BCUT2D eigenvalue weighted by Gasteiger charge is 2.67. The van der Waals surface area contributed by atoms with Gasteiger partial charge in [0.05, 0.1) is 0 Å². The van der Waals surface area contributed by atoms with Crippen LogP contribution in [0.1, 0.15) is 92.4 Å². The molecule has 0 unspecified atom stereocenters. The van der Waals surface area contributed by atoms with Crippen LogP contribution in [0.3, 0.4) is 0 Å². The van der Waals surface area contributed by atoms with E-state index >= 15 is 0 Å². The normalized spacial score (nSPS) is 44.1. The first-order valence-electron chi connectivity index (χ1n) is 13.1. The topological polar surface area (TPSA) is 99.1 Å². The number of carbonyl (C=O) groups is 3. The molecule has 0 spiro atoms. The van der Waals surface area contributed by atoms with Gasteiger partial charge in [-0.15, -0.1) is 0 Å². The summed E-state index contributed by atoms with van der Waals surface area (Å²) in [6.45, 7) is 8.66. The van der Waals surface area contributed by atoms with Gasteiger partial charge in [-0.25, -0.2) is 0 Å². The highest BCUT2D eigenvalue weighted by Crippen LogP contribution is 2.69. The molecule has 4 saturated carbocycles. The fourth-order valence-electron chi connectivity index (χ4n) is 8.80. The van der Waals surface area contributed by atoms with Crippen LogP contribution in [0.5, 0.6) is 0 Å². The van der Waals surface area contributed by atoms with Crippen LogP contribution in [0.25, 0.3) is 0 Å². The van der Waals surface area contributed by atoms with Crippen molar-refractivity contribution in [2.75, 3.05) is 6.61 Å². The van der Waals surface area contributed by atoms with Gasteiger partial charge < -0.3 is 19.3 Å². The molecule has 7 nitrogen and oxygen atoms in total. The van der Waals surface area contributed by atoms with Crippen LogP contribution >= 0.6 is 0 Å². The number of carbonyl (C=O) groups excluding carboxylic acids is 3. The number of aliphatic hydroxyl groups is 1. The second-order valence-electron chi connectivity index (χ2n) is 12.0. The number of esters is 3. The number of hydrogen-bond donors (Lipinski definition) is 1. The zero-order valence-electron chi connectivity index (χ0n) is 21.4. The van der Waals surface area contributed by atoms with Gasteiger partial charge in [-0.3, -0.25) is 14.4 Å². The molecule has 0 aromatic heterocycles. The van der Waals surface area contributed by atoms with Gasteiger partial charge in [0.1, 0.15) is 18.3 Å². The van der Waals surface area contributed by atoms with E-state index in [0.717, 1.165) is 51.4 Å². The Balaban J connectivity index is 1.55. The average molecular weight is 479 g/mol. The third kappa shape index (κ3) is 4.16. The maximum atomic E-state index is 12.1. The lowest BCUT2D eigenvalue weighted by molar-refractivity contribution is -0.213. The fraction of sp³-hybridized carbons (Fsp3) is 0.889. The predicted molar refractivity (Wildman–Crippen MR) is 124 cm³/mol. The van der Waals surface area contributed by atoms with E-state index < -0.39 is 29.1 Å². The minimum absolute atomic E-state index is 0.0447. The summed E-state index contributed by atoms with van der Waals surface area (Å²) in [7, 11) is 0. The molecule has 0 saturated heterocycles. The van der Waals surface area contributed by atoms with Gasteiger partial charge in [0, 0.05) is 26.2 Å². The molecule has 0 aliphatic heterocycles. The molecule has 1 N–H and O–H groups in total. The molecule has 4 aliphatic rings. The summed E-state index contributed by atoms with van der Waals surface area (Å²) < 4.78 is 16.4. The summed E-state index contributed by atoms with van der Waals surface area (Å²) in [5.74, 6) is 0.919. The Labute approximate surface area is 203 Å². The smallest absolute Gasteiger partial charge is 0.303 e. The summed E-state index contributed by atoms with van der Waals surface area (Å²) >= 11 is 0. The van der Waals surface area contributed by atoms with E-state index in [0.29, 0.717) is 30.1 Å². The van der Waals surface area contributed by atoms with Crippen molar-refractivity contribution in [3.8, 4) is 0 Å². The van der Waals surface area contributed by atoms with Gasteiger partial charge in [-0.1, -0.05) is 13.8 Å². The van der Waals surface area contributed by atoms with Crippen molar-refractivity contribution < 1.29 is 33.7 Å². The zero-order chi connectivity index (χ0) is 24.9. The lowest BCUT2D eigenvalue weighted by Crippen LogP contribution is -2.61. The third-order valence-electron chi connectivity index (χ3n) is 10.4. The summed E-state index contributed by atoms with van der Waals surface area (Å²) in [5.41, 5.74) is -1.38. The summed E-state index contributed by atoms with van der Waals surface area (Å²) in [4.78, 5) is 34.9. The minimum Gasteiger partial charge on any atom is -0.463 e. The van der Waals surface area contributed by atoms with Gasteiger partial charge in [0.2, 0.25) is 0 Å². The van der Waals surface area contributed by atoms with Crippen LogP contribution in [-0.2, 0) is 28.6 Å². The SMILES string of the molecule is CC(=O)OC[C@H](OC(C)=O)[C@]1(O)CC[C@@H]2[C@@H]3CC[C@H]4C[C@H](OC(C)=O)CC[C@]4(C)[C@H]3CC[C@@]21C. The second-order valence-corrected chi connectivity index (χ2v) is 12.0. The summed E-state index contributed by atoms with van der Waals surface area (Å²) in [6, 6.07) is 0. The molecule has 0 radical (unpaired) electrons. The molecule has 4 fully saturated rings. The third-order valence-corrected chi connectivity index (χ3v) is 10.4. The van der Waals surface area contributed by atoms with Crippen molar-refractivity contribution in [2.45, 2.75) is 110 Å². The molecule has 9 atom stereocenters. The lowest BCUT2D eigenvalue weighted by atomic mass is 9.44. The lowest BCUT2D eigenvalue weighted by Gasteiger charge is -2.62. The van der Waals surface area contributed by atoms with Crippen molar-refractivity contribution in [3.05, 3.63) is 0 Å². The van der Waals surface area contributed by atoms with Crippen molar-refractivity contribution in [2.24, 2.45) is 34.5 Å². The van der Waals surface area contributed by atoms with Gasteiger partial charge in [-0.2, -0.15) is 0 Å². The van der Waals surface area contributed by atoms with Crippen LogP contribution in [0.15, 0.2) is 0 Å². The highest BCUT2D eigenvalue weighted by molar-refractivity contribution is 5.67. The molecule has 4 aliphatic carbocycles. The van der Waals surface area contributed by atoms with Crippen LogP contribution in [0.4, 0.5) is 0 Å². The molecule has 0 bridgehead atoms. The molecule has 0 amide bonds. The van der Waals surface area contributed by atoms with E-state index in [4.69, 9.17) is 14.2 Å². The van der Waals surface area contributed by atoms with Crippen molar-refractivity contribution in [3.63, 3.8) is 0 Å². The first-order chi connectivity index (χ1) is 15.9. The summed E-state index contributed by atoms with van der Waals surface area (Å²) in [5, 5.41) is 12.1. The van der Waals surface area contributed by atoms with E-state index in [1.807, 2.05) is 0 Å². The second kappa shape index (κ2) is 9.11. The van der Waals surface area contributed by atoms with E-state index in [1.54, 1.807) is 0 Å². The number of hydrogen-bond acceptors (Lipinski definition) is 7. The fourth-order valence-corrected chi connectivity index (χ4v) is 8.80. The van der Waals surface area contributed by atoms with Gasteiger partial charge in [-0.05, 0) is 86.9 Å². The molecule has 192 valence electrons. The monoisotopic (exact) mass is 478 g/mol. The van der Waals surface area contributed by atoms with Crippen LogP contribution < -0.4 is 0 Å². The van der Waals surface area contributed by atoms with Crippen LogP contribution in [0, 0.1) is 34.5 Å². The van der Waals surface area contributed by atoms with Crippen molar-refractivity contribution >= 4 is 17.9 Å². The minimum atomic E-state index is -1.21. The quantitative estimate of drug-likeness (QED) is 0.467. The first kappa shape index (κ1) is 25.5. The Morgan fingerprint density at radius 1 is 0.882 bits per heavy atom. The molecule has 0 aromatic rings. The summed E-state index contributed by atoms with van der Waals surface area (Å²) in [6.07, 6.45) is 7.74. The van der Waals surface area contributed by atoms with Crippen molar-refractivity contribution in [1.29, 1.82) is 0 Å². The molecular formula is C27H42O7. The van der Waals surface area contributed by atoms with E-state index in [1.165, 1.54) is 20.8 Å². The average Bonchev–Trinajstić information content (AvgIpc) is 3.02. The van der Waals surface area contributed by atoms with E-state index in [-0.39, 0.29) is 24.1 Å².